The van der Waals surface area contributed by atoms with Crippen LogP contribution in [-0.4, -0.2) is 28.1 Å². The first-order chi connectivity index (χ1) is 20.9. The Hall–Kier alpha value is -3.54. The number of benzene rings is 3. The summed E-state index contributed by atoms with van der Waals surface area (Å²) < 4.78 is 0. The molecule has 4 N–H and O–H groups in total. The number of unbranched alkanes of at least 4 members (excludes halogenated alkanes) is 14. The van der Waals surface area contributed by atoms with Crippen LogP contribution in [0.5, 0.6) is 5.75 Å². The third-order valence-electron chi connectivity index (χ3n) is 8.30. The number of phenols is 1. The van der Waals surface area contributed by atoms with Crippen LogP contribution >= 0.6 is 0 Å². The molecule has 0 aromatic heterocycles. The topological polar surface area (TPSA) is 98.7 Å². The second-order valence-corrected chi connectivity index (χ2v) is 12.0. The Balaban J connectivity index is 1.40. The van der Waals surface area contributed by atoms with Crippen LogP contribution in [-0.2, 0) is 0 Å². The van der Waals surface area contributed by atoms with E-state index in [0.717, 1.165) is 18.2 Å². The maximum absolute atomic E-state index is 13.2. The first-order valence-corrected chi connectivity index (χ1v) is 16.6. The normalized spacial score (nSPS) is 11.9. The molecule has 0 aliphatic carbocycles. The Kier molecular flexibility index (Phi) is 14.9. The monoisotopic (exact) mass is 588 g/mol. The lowest BCUT2D eigenvalue weighted by atomic mass is 10.0. The molecule has 3 rings (SSSR count). The average Bonchev–Trinajstić information content (AvgIpc) is 3.00. The van der Waals surface area contributed by atoms with E-state index in [-0.39, 0.29) is 22.9 Å². The molecule has 0 fully saturated rings. The molecule has 0 saturated heterocycles. The fourth-order valence-corrected chi connectivity index (χ4v) is 5.69. The summed E-state index contributed by atoms with van der Waals surface area (Å²) in [6.07, 6.45) is 21.0. The summed E-state index contributed by atoms with van der Waals surface area (Å²) in [6, 6.07) is 15.5. The minimum Gasteiger partial charge on any atom is -0.506 e. The lowest BCUT2D eigenvalue weighted by Gasteiger charge is -2.19. The van der Waals surface area contributed by atoms with Crippen molar-refractivity contribution in [2.24, 2.45) is 0 Å². The van der Waals surface area contributed by atoms with Crippen molar-refractivity contribution in [3.8, 4) is 5.75 Å². The first-order valence-electron chi connectivity index (χ1n) is 16.6. The largest absolute Gasteiger partial charge is 0.506 e. The van der Waals surface area contributed by atoms with Crippen molar-refractivity contribution in [2.45, 2.75) is 123 Å². The number of rotatable bonds is 21. The van der Waals surface area contributed by atoms with Gasteiger partial charge in [0.05, 0.1) is 22.5 Å². The molecule has 1 amide bonds. The molecule has 0 aliphatic rings. The molecule has 234 valence electrons. The van der Waals surface area contributed by atoms with Gasteiger partial charge in [-0.25, -0.2) is 4.79 Å². The summed E-state index contributed by atoms with van der Waals surface area (Å²) in [6.45, 7) is 4.38. The molecular formula is C37H52N2O4. The molecule has 0 bridgehead atoms. The lowest BCUT2D eigenvalue weighted by molar-refractivity contribution is 0.0696. The quantitative estimate of drug-likeness (QED) is 0.0928. The number of hydrogen-bond donors (Lipinski definition) is 4. The molecule has 1 unspecified atom stereocenters. The Bertz CT molecular complexity index is 1290. The molecule has 1 atom stereocenters. The van der Waals surface area contributed by atoms with Crippen molar-refractivity contribution in [2.75, 3.05) is 10.6 Å². The summed E-state index contributed by atoms with van der Waals surface area (Å²) in [5.41, 5.74) is 1.25. The standard InChI is InChI=1S/C37H52N2O4/c1-3-4-5-6-7-8-9-10-11-12-13-14-15-16-17-20-28(2)38-33-26-24-30(37(42)43)27-34(33)39-36(41)32-25-23-29-21-18-19-22-31(29)35(32)40/h18-19,21-28,38,40H,3-17,20H2,1-2H3,(H,39,41)(H,42,43). The molecule has 3 aromatic rings. The first kappa shape index (κ1) is 34.0. The van der Waals surface area contributed by atoms with E-state index in [1.807, 2.05) is 18.2 Å². The van der Waals surface area contributed by atoms with Crippen molar-refractivity contribution in [3.63, 3.8) is 0 Å². The van der Waals surface area contributed by atoms with Gasteiger partial charge in [-0.3, -0.25) is 4.79 Å². The Labute approximate surface area is 258 Å². The Morgan fingerprint density at radius 3 is 1.91 bits per heavy atom. The highest BCUT2D eigenvalue weighted by Gasteiger charge is 2.17. The van der Waals surface area contributed by atoms with E-state index in [1.165, 1.54) is 102 Å². The second-order valence-electron chi connectivity index (χ2n) is 12.0. The highest BCUT2D eigenvalue weighted by Crippen LogP contribution is 2.31. The second kappa shape index (κ2) is 18.9. The number of hydrogen-bond acceptors (Lipinski definition) is 4. The van der Waals surface area contributed by atoms with Crippen LogP contribution in [0, 0.1) is 0 Å². The van der Waals surface area contributed by atoms with Gasteiger partial charge in [0.2, 0.25) is 0 Å². The fraction of sp³-hybridized carbons (Fsp3) is 0.514. The van der Waals surface area contributed by atoms with Crippen LogP contribution in [0.15, 0.2) is 54.6 Å². The smallest absolute Gasteiger partial charge is 0.335 e. The summed E-state index contributed by atoms with van der Waals surface area (Å²) in [4.78, 5) is 24.8. The zero-order valence-electron chi connectivity index (χ0n) is 26.3. The van der Waals surface area contributed by atoms with Gasteiger partial charge in [-0.05, 0) is 43.0 Å². The average molecular weight is 589 g/mol. The van der Waals surface area contributed by atoms with Gasteiger partial charge >= 0.3 is 5.97 Å². The summed E-state index contributed by atoms with van der Waals surface area (Å²) >= 11 is 0. The third kappa shape index (κ3) is 11.6. The maximum atomic E-state index is 13.2. The van der Waals surface area contributed by atoms with Crippen LogP contribution < -0.4 is 10.6 Å². The lowest BCUT2D eigenvalue weighted by Crippen LogP contribution is -2.19. The number of carboxylic acids is 1. The predicted molar refractivity (Wildman–Crippen MR) is 180 cm³/mol. The molecule has 0 spiro atoms. The van der Waals surface area contributed by atoms with Gasteiger partial charge in [-0.15, -0.1) is 0 Å². The van der Waals surface area contributed by atoms with Crippen molar-refractivity contribution in [1.82, 2.24) is 0 Å². The van der Waals surface area contributed by atoms with Gasteiger partial charge < -0.3 is 20.8 Å². The molecule has 0 heterocycles. The number of aromatic hydroxyl groups is 1. The highest BCUT2D eigenvalue weighted by molar-refractivity contribution is 6.11. The minimum atomic E-state index is -1.07. The van der Waals surface area contributed by atoms with E-state index in [1.54, 1.807) is 24.3 Å². The van der Waals surface area contributed by atoms with Gasteiger partial charge in [-0.1, -0.05) is 134 Å². The van der Waals surface area contributed by atoms with Crippen molar-refractivity contribution < 1.29 is 19.8 Å². The number of nitrogens with one attached hydrogen (secondary N) is 2. The number of carbonyl (C=O) groups is 2. The van der Waals surface area contributed by atoms with Crippen LogP contribution in [0.1, 0.15) is 137 Å². The number of carbonyl (C=O) groups excluding carboxylic acids is 1. The van der Waals surface area contributed by atoms with Gasteiger partial charge in [0.25, 0.3) is 5.91 Å². The van der Waals surface area contributed by atoms with Crippen LogP contribution in [0.25, 0.3) is 10.8 Å². The van der Waals surface area contributed by atoms with E-state index < -0.39 is 11.9 Å². The molecule has 6 heteroatoms. The molecule has 43 heavy (non-hydrogen) atoms. The van der Waals surface area contributed by atoms with E-state index in [9.17, 15) is 19.8 Å². The number of fused-ring (bicyclic) bond motifs is 1. The number of phenolic OH excluding ortho intramolecular Hbond substituents is 1. The minimum absolute atomic E-state index is 0.0821. The number of aromatic carboxylic acids is 1. The molecular weight excluding hydrogens is 536 g/mol. The van der Waals surface area contributed by atoms with Crippen molar-refractivity contribution >= 4 is 34.0 Å². The van der Waals surface area contributed by atoms with Gasteiger partial charge in [-0.2, -0.15) is 0 Å². The number of carboxylic acid groups (broad SMARTS) is 1. The number of amides is 1. The summed E-state index contributed by atoms with van der Waals surface area (Å²) in [5.74, 6) is -1.66. The predicted octanol–water partition coefficient (Wildman–Crippen LogP) is 10.6. The van der Waals surface area contributed by atoms with E-state index in [4.69, 9.17) is 0 Å². The summed E-state index contributed by atoms with van der Waals surface area (Å²) in [5, 5.41) is 28.0. The zero-order valence-corrected chi connectivity index (χ0v) is 26.3. The van der Waals surface area contributed by atoms with Crippen molar-refractivity contribution in [1.29, 1.82) is 0 Å². The molecule has 0 saturated carbocycles. The third-order valence-corrected chi connectivity index (χ3v) is 8.30. The van der Waals surface area contributed by atoms with Gasteiger partial charge in [0.1, 0.15) is 5.75 Å². The van der Waals surface area contributed by atoms with E-state index in [2.05, 4.69) is 24.5 Å². The van der Waals surface area contributed by atoms with Crippen molar-refractivity contribution in [3.05, 3.63) is 65.7 Å². The maximum Gasteiger partial charge on any atom is 0.335 e. The highest BCUT2D eigenvalue weighted by atomic mass is 16.4. The van der Waals surface area contributed by atoms with Gasteiger partial charge in [0.15, 0.2) is 0 Å². The fourth-order valence-electron chi connectivity index (χ4n) is 5.69. The molecule has 0 aliphatic heterocycles. The SMILES string of the molecule is CCCCCCCCCCCCCCCCCC(C)Nc1ccc(C(=O)O)cc1NC(=O)c1ccc2ccccc2c1O. The van der Waals surface area contributed by atoms with Crippen LogP contribution in [0.3, 0.4) is 0 Å². The molecule has 6 nitrogen and oxygen atoms in total. The van der Waals surface area contributed by atoms with Crippen LogP contribution in [0.2, 0.25) is 0 Å². The molecule has 3 aromatic carbocycles. The van der Waals surface area contributed by atoms with E-state index in [0.29, 0.717) is 16.8 Å². The summed E-state index contributed by atoms with van der Waals surface area (Å²) in [7, 11) is 0. The van der Waals surface area contributed by atoms with Crippen LogP contribution in [0.4, 0.5) is 11.4 Å². The van der Waals surface area contributed by atoms with E-state index >= 15 is 0 Å². The van der Waals surface area contributed by atoms with Gasteiger partial charge in [0, 0.05) is 11.4 Å². The molecule has 0 radical (unpaired) electrons. The number of anilines is 2. The Morgan fingerprint density at radius 2 is 1.30 bits per heavy atom. The zero-order chi connectivity index (χ0) is 30.9. The Morgan fingerprint density at radius 1 is 0.721 bits per heavy atom.